The molecule has 0 spiro atoms. The fourth-order valence-electron chi connectivity index (χ4n) is 1.41. The Hall–Kier alpha value is -0.870. The van der Waals surface area contributed by atoms with Crippen LogP contribution in [0.1, 0.15) is 13.8 Å². The summed E-state index contributed by atoms with van der Waals surface area (Å²) in [5.74, 6) is -2.21. The molecular formula is C10H16O4. The SMILES string of the molecule is C=CC(C(=O)O)C1COC(C)(C)OC1. The minimum atomic E-state index is -0.878. The lowest BCUT2D eigenvalue weighted by Gasteiger charge is -2.36. The molecule has 1 aliphatic rings. The highest BCUT2D eigenvalue weighted by molar-refractivity contribution is 5.72. The van der Waals surface area contributed by atoms with Gasteiger partial charge in [0.25, 0.3) is 0 Å². The van der Waals surface area contributed by atoms with Crippen molar-refractivity contribution in [3.63, 3.8) is 0 Å². The van der Waals surface area contributed by atoms with Crippen molar-refractivity contribution in [2.45, 2.75) is 19.6 Å². The van der Waals surface area contributed by atoms with Crippen molar-refractivity contribution in [1.82, 2.24) is 0 Å². The van der Waals surface area contributed by atoms with Crippen LogP contribution in [0.3, 0.4) is 0 Å². The lowest BCUT2D eigenvalue weighted by Crippen LogP contribution is -2.43. The number of carboxylic acids is 1. The molecule has 1 heterocycles. The molecule has 0 bridgehead atoms. The van der Waals surface area contributed by atoms with Gasteiger partial charge in [-0.1, -0.05) is 6.08 Å². The molecule has 4 heteroatoms. The van der Waals surface area contributed by atoms with Crippen LogP contribution in [0.4, 0.5) is 0 Å². The fraction of sp³-hybridized carbons (Fsp3) is 0.700. The Balaban J connectivity index is 2.56. The van der Waals surface area contributed by atoms with Gasteiger partial charge < -0.3 is 14.6 Å². The molecule has 14 heavy (non-hydrogen) atoms. The van der Waals surface area contributed by atoms with Crippen LogP contribution in [-0.2, 0) is 14.3 Å². The summed E-state index contributed by atoms with van der Waals surface area (Å²) in [5, 5.41) is 8.87. The van der Waals surface area contributed by atoms with Crippen molar-refractivity contribution in [2.24, 2.45) is 11.8 Å². The van der Waals surface area contributed by atoms with Crippen LogP contribution in [0, 0.1) is 11.8 Å². The smallest absolute Gasteiger partial charge is 0.310 e. The normalized spacial score (nSPS) is 24.1. The maximum absolute atomic E-state index is 10.8. The predicted molar refractivity (Wildman–Crippen MR) is 50.8 cm³/mol. The van der Waals surface area contributed by atoms with E-state index in [-0.39, 0.29) is 5.92 Å². The average molecular weight is 200 g/mol. The number of ether oxygens (including phenoxy) is 2. The summed E-state index contributed by atoms with van der Waals surface area (Å²) in [4.78, 5) is 10.8. The number of hydrogen-bond donors (Lipinski definition) is 1. The molecule has 1 saturated heterocycles. The monoisotopic (exact) mass is 200 g/mol. The molecule has 0 saturated carbocycles. The largest absolute Gasteiger partial charge is 0.481 e. The van der Waals surface area contributed by atoms with Gasteiger partial charge in [0.15, 0.2) is 5.79 Å². The maximum atomic E-state index is 10.8. The first-order chi connectivity index (χ1) is 6.46. The van der Waals surface area contributed by atoms with E-state index in [1.54, 1.807) is 0 Å². The van der Waals surface area contributed by atoms with Crippen molar-refractivity contribution in [2.75, 3.05) is 13.2 Å². The number of carboxylic acid groups (broad SMARTS) is 1. The molecule has 0 amide bonds. The topological polar surface area (TPSA) is 55.8 Å². The molecule has 0 aromatic rings. The summed E-state index contributed by atoms with van der Waals surface area (Å²) in [6.07, 6.45) is 1.43. The molecule has 80 valence electrons. The Morgan fingerprint density at radius 3 is 2.43 bits per heavy atom. The predicted octanol–water partition coefficient (Wildman–Crippen LogP) is 1.27. The van der Waals surface area contributed by atoms with Gasteiger partial charge in [-0.05, 0) is 13.8 Å². The highest BCUT2D eigenvalue weighted by Crippen LogP contribution is 2.25. The lowest BCUT2D eigenvalue weighted by molar-refractivity contribution is -0.266. The van der Waals surface area contributed by atoms with Gasteiger partial charge in [-0.15, -0.1) is 6.58 Å². The van der Waals surface area contributed by atoms with E-state index in [0.29, 0.717) is 13.2 Å². The van der Waals surface area contributed by atoms with Gasteiger partial charge >= 0.3 is 5.97 Å². The second kappa shape index (κ2) is 4.11. The van der Waals surface area contributed by atoms with E-state index in [1.807, 2.05) is 13.8 Å². The van der Waals surface area contributed by atoms with E-state index in [2.05, 4.69) is 6.58 Å². The highest BCUT2D eigenvalue weighted by Gasteiger charge is 2.34. The van der Waals surface area contributed by atoms with E-state index in [9.17, 15) is 4.79 Å². The van der Waals surface area contributed by atoms with E-state index >= 15 is 0 Å². The van der Waals surface area contributed by atoms with Gasteiger partial charge in [-0.2, -0.15) is 0 Å². The summed E-state index contributed by atoms with van der Waals surface area (Å²) in [7, 11) is 0. The third-order valence-electron chi connectivity index (χ3n) is 2.34. The third-order valence-corrected chi connectivity index (χ3v) is 2.34. The minimum Gasteiger partial charge on any atom is -0.481 e. The second-order valence-corrected chi connectivity index (χ2v) is 3.88. The zero-order valence-corrected chi connectivity index (χ0v) is 8.53. The third kappa shape index (κ3) is 2.56. The van der Waals surface area contributed by atoms with Crippen molar-refractivity contribution < 1.29 is 19.4 Å². The highest BCUT2D eigenvalue weighted by atomic mass is 16.7. The van der Waals surface area contributed by atoms with Crippen LogP contribution in [-0.4, -0.2) is 30.1 Å². The molecular weight excluding hydrogens is 184 g/mol. The molecule has 1 fully saturated rings. The van der Waals surface area contributed by atoms with Crippen molar-refractivity contribution in [3.05, 3.63) is 12.7 Å². The summed E-state index contributed by atoms with van der Waals surface area (Å²) in [6.45, 7) is 7.92. The molecule has 0 aromatic heterocycles. The molecule has 1 rings (SSSR count). The van der Waals surface area contributed by atoms with Crippen LogP contribution >= 0.6 is 0 Å². The van der Waals surface area contributed by atoms with E-state index in [0.717, 1.165) is 0 Å². The van der Waals surface area contributed by atoms with Crippen LogP contribution < -0.4 is 0 Å². The van der Waals surface area contributed by atoms with Crippen LogP contribution in [0.2, 0.25) is 0 Å². The number of aliphatic carboxylic acids is 1. The molecule has 0 aromatic carbocycles. The van der Waals surface area contributed by atoms with Crippen molar-refractivity contribution in [1.29, 1.82) is 0 Å². The standard InChI is InChI=1S/C10H16O4/c1-4-8(9(11)12)7-5-13-10(2,3)14-6-7/h4,7-8H,1,5-6H2,2-3H3,(H,11,12). The fourth-order valence-corrected chi connectivity index (χ4v) is 1.41. The summed E-state index contributed by atoms with van der Waals surface area (Å²) in [6, 6.07) is 0. The average Bonchev–Trinajstić information content (AvgIpc) is 2.08. The van der Waals surface area contributed by atoms with Gasteiger partial charge in [0.2, 0.25) is 0 Å². The second-order valence-electron chi connectivity index (χ2n) is 3.88. The number of hydrogen-bond acceptors (Lipinski definition) is 3. The van der Waals surface area contributed by atoms with Gasteiger partial charge in [-0.25, -0.2) is 0 Å². The first kappa shape index (κ1) is 11.2. The van der Waals surface area contributed by atoms with Crippen molar-refractivity contribution >= 4 is 5.97 Å². The van der Waals surface area contributed by atoms with Gasteiger partial charge in [0.05, 0.1) is 19.1 Å². The lowest BCUT2D eigenvalue weighted by atomic mass is 9.93. The van der Waals surface area contributed by atoms with Gasteiger partial charge in [0, 0.05) is 5.92 Å². The Labute approximate surface area is 83.5 Å². The first-order valence-electron chi connectivity index (χ1n) is 4.59. The summed E-state index contributed by atoms with van der Waals surface area (Å²) < 4.78 is 10.8. The van der Waals surface area contributed by atoms with E-state index in [4.69, 9.17) is 14.6 Å². The number of carbonyl (C=O) groups is 1. The van der Waals surface area contributed by atoms with Crippen LogP contribution in [0.5, 0.6) is 0 Å². The Morgan fingerprint density at radius 2 is 2.07 bits per heavy atom. The van der Waals surface area contributed by atoms with Crippen LogP contribution in [0.25, 0.3) is 0 Å². The molecule has 0 radical (unpaired) electrons. The van der Waals surface area contributed by atoms with Crippen molar-refractivity contribution in [3.8, 4) is 0 Å². The molecule has 0 aliphatic carbocycles. The maximum Gasteiger partial charge on any atom is 0.310 e. The summed E-state index contributed by atoms with van der Waals surface area (Å²) in [5.41, 5.74) is 0. The van der Waals surface area contributed by atoms with Gasteiger partial charge in [0.1, 0.15) is 0 Å². The van der Waals surface area contributed by atoms with Crippen LogP contribution in [0.15, 0.2) is 12.7 Å². The molecule has 1 unspecified atom stereocenters. The number of rotatable bonds is 3. The quantitative estimate of drug-likeness (QED) is 0.697. The van der Waals surface area contributed by atoms with E-state index < -0.39 is 17.7 Å². The zero-order valence-electron chi connectivity index (χ0n) is 8.53. The first-order valence-corrected chi connectivity index (χ1v) is 4.59. The minimum absolute atomic E-state index is 0.141. The summed E-state index contributed by atoms with van der Waals surface area (Å²) >= 11 is 0. The Bertz CT molecular complexity index is 224. The van der Waals surface area contributed by atoms with Gasteiger partial charge in [-0.3, -0.25) is 4.79 Å². The Kier molecular flexibility index (Phi) is 3.29. The molecule has 1 atom stereocenters. The Morgan fingerprint density at radius 1 is 1.57 bits per heavy atom. The molecule has 4 nitrogen and oxygen atoms in total. The molecule has 1 aliphatic heterocycles. The van der Waals surface area contributed by atoms with E-state index in [1.165, 1.54) is 6.08 Å². The molecule has 1 N–H and O–H groups in total. The zero-order chi connectivity index (χ0) is 10.8.